The van der Waals surface area contributed by atoms with Gasteiger partial charge < -0.3 is 4.90 Å². The molecule has 0 unspecified atom stereocenters. The van der Waals surface area contributed by atoms with Crippen molar-refractivity contribution in [2.45, 2.75) is 19.3 Å². The third-order valence-electron chi connectivity index (χ3n) is 2.77. The lowest BCUT2D eigenvalue weighted by Crippen LogP contribution is -2.31. The van der Waals surface area contributed by atoms with E-state index in [2.05, 4.69) is 0 Å². The fraction of sp³-hybridized carbons (Fsp3) is 0.385. The van der Waals surface area contributed by atoms with Gasteiger partial charge in [0.2, 0.25) is 0 Å². The van der Waals surface area contributed by atoms with Gasteiger partial charge in [-0.05, 0) is 25.1 Å². The standard InChI is InChI=1S/C13H10F6N2O/c1-2-21(4-3-20)11(22)8-5-9(12(14,15)16)7-10(6-8)13(17,18)19/h5-7H,2,4H2,1H3. The van der Waals surface area contributed by atoms with Crippen LogP contribution in [0.4, 0.5) is 26.3 Å². The molecule has 0 saturated heterocycles. The highest BCUT2D eigenvalue weighted by Crippen LogP contribution is 2.36. The van der Waals surface area contributed by atoms with Crippen LogP contribution in [0.2, 0.25) is 0 Å². The lowest BCUT2D eigenvalue weighted by molar-refractivity contribution is -0.143. The van der Waals surface area contributed by atoms with Gasteiger partial charge in [-0.1, -0.05) is 0 Å². The van der Waals surface area contributed by atoms with Crippen LogP contribution in [0.1, 0.15) is 28.4 Å². The van der Waals surface area contributed by atoms with Gasteiger partial charge >= 0.3 is 12.4 Å². The molecular formula is C13H10F6N2O. The Labute approximate surface area is 121 Å². The summed E-state index contributed by atoms with van der Waals surface area (Å²) in [6.45, 7) is 0.991. The van der Waals surface area contributed by atoms with Crippen molar-refractivity contribution in [3.8, 4) is 6.07 Å². The van der Waals surface area contributed by atoms with Crippen molar-refractivity contribution in [1.29, 1.82) is 5.26 Å². The monoisotopic (exact) mass is 324 g/mol. The highest BCUT2D eigenvalue weighted by molar-refractivity contribution is 5.94. The van der Waals surface area contributed by atoms with E-state index in [0.717, 1.165) is 4.90 Å². The summed E-state index contributed by atoms with van der Waals surface area (Å²) in [4.78, 5) is 12.8. The average Bonchev–Trinajstić information content (AvgIpc) is 2.41. The molecule has 0 aromatic heterocycles. The van der Waals surface area contributed by atoms with Crippen LogP contribution in [0, 0.1) is 11.3 Å². The lowest BCUT2D eigenvalue weighted by Gasteiger charge is -2.19. The van der Waals surface area contributed by atoms with Crippen LogP contribution in [0.25, 0.3) is 0 Å². The number of carbonyl (C=O) groups is 1. The summed E-state index contributed by atoms with van der Waals surface area (Å²) in [5.74, 6) is -1.07. The maximum Gasteiger partial charge on any atom is 0.416 e. The molecule has 9 heteroatoms. The molecule has 3 nitrogen and oxygen atoms in total. The minimum absolute atomic E-state index is 0.0238. The molecule has 0 aliphatic carbocycles. The van der Waals surface area contributed by atoms with Crippen LogP contribution in [-0.4, -0.2) is 23.9 Å². The van der Waals surface area contributed by atoms with Crippen molar-refractivity contribution in [3.63, 3.8) is 0 Å². The zero-order valence-electron chi connectivity index (χ0n) is 11.2. The molecule has 0 N–H and O–H groups in total. The zero-order chi connectivity index (χ0) is 17.1. The van der Waals surface area contributed by atoms with E-state index in [1.54, 1.807) is 6.07 Å². The molecule has 1 amide bonds. The van der Waals surface area contributed by atoms with Crippen molar-refractivity contribution in [1.82, 2.24) is 4.90 Å². The second-order valence-corrected chi connectivity index (χ2v) is 4.27. The number of hydrogen-bond acceptors (Lipinski definition) is 2. The summed E-state index contributed by atoms with van der Waals surface area (Å²) in [5.41, 5.74) is -3.91. The molecule has 1 rings (SSSR count). The van der Waals surface area contributed by atoms with E-state index in [0.29, 0.717) is 12.1 Å². The minimum atomic E-state index is -5.03. The predicted molar refractivity (Wildman–Crippen MR) is 63.6 cm³/mol. The number of alkyl halides is 6. The van der Waals surface area contributed by atoms with Gasteiger partial charge in [-0.2, -0.15) is 31.6 Å². The van der Waals surface area contributed by atoms with Gasteiger partial charge in [0.1, 0.15) is 6.54 Å². The summed E-state index contributed by atoms with van der Waals surface area (Å²) in [6.07, 6.45) is -10.1. The number of nitrogens with zero attached hydrogens (tertiary/aromatic N) is 2. The molecule has 0 saturated carbocycles. The van der Waals surface area contributed by atoms with E-state index in [9.17, 15) is 31.1 Å². The molecule has 22 heavy (non-hydrogen) atoms. The summed E-state index contributed by atoms with van der Waals surface area (Å²) in [5, 5.41) is 8.53. The molecule has 0 bridgehead atoms. The van der Waals surface area contributed by atoms with Crippen molar-refractivity contribution in [2.75, 3.05) is 13.1 Å². The molecule has 0 spiro atoms. The number of amides is 1. The highest BCUT2D eigenvalue weighted by Gasteiger charge is 2.37. The average molecular weight is 324 g/mol. The molecule has 0 radical (unpaired) electrons. The molecule has 0 aliphatic heterocycles. The number of nitriles is 1. The zero-order valence-corrected chi connectivity index (χ0v) is 11.2. The van der Waals surface area contributed by atoms with Gasteiger partial charge in [-0.3, -0.25) is 4.79 Å². The Morgan fingerprint density at radius 3 is 1.86 bits per heavy atom. The van der Waals surface area contributed by atoms with Crippen molar-refractivity contribution in [2.24, 2.45) is 0 Å². The second-order valence-electron chi connectivity index (χ2n) is 4.27. The van der Waals surface area contributed by atoms with Crippen LogP contribution >= 0.6 is 0 Å². The Hall–Kier alpha value is -2.24. The van der Waals surface area contributed by atoms with Gasteiger partial charge in [-0.25, -0.2) is 0 Å². The molecule has 0 aliphatic rings. The fourth-order valence-electron chi connectivity index (χ4n) is 1.67. The van der Waals surface area contributed by atoms with Gasteiger partial charge in [0.15, 0.2) is 0 Å². The van der Waals surface area contributed by atoms with E-state index < -0.39 is 41.5 Å². The summed E-state index contributed by atoms with van der Waals surface area (Å²) >= 11 is 0. The topological polar surface area (TPSA) is 44.1 Å². The molecular weight excluding hydrogens is 314 g/mol. The smallest absolute Gasteiger partial charge is 0.326 e. The molecule has 1 aromatic rings. The Morgan fingerprint density at radius 1 is 1.09 bits per heavy atom. The van der Waals surface area contributed by atoms with Gasteiger partial charge in [-0.15, -0.1) is 0 Å². The van der Waals surface area contributed by atoms with Crippen LogP contribution in [0.3, 0.4) is 0 Å². The predicted octanol–water partition coefficient (Wildman–Crippen LogP) is 3.71. The summed E-state index contributed by atoms with van der Waals surface area (Å²) in [7, 11) is 0. The Kier molecular flexibility index (Phi) is 5.06. The van der Waals surface area contributed by atoms with Gasteiger partial charge in [0.05, 0.1) is 17.2 Å². The number of benzene rings is 1. The quantitative estimate of drug-likeness (QED) is 0.628. The molecule has 0 atom stereocenters. The Morgan fingerprint density at radius 2 is 1.55 bits per heavy atom. The van der Waals surface area contributed by atoms with Crippen molar-refractivity contribution >= 4 is 5.91 Å². The van der Waals surface area contributed by atoms with Crippen LogP contribution in [0.5, 0.6) is 0 Å². The minimum Gasteiger partial charge on any atom is -0.326 e. The van der Waals surface area contributed by atoms with E-state index in [1.165, 1.54) is 6.92 Å². The van der Waals surface area contributed by atoms with Crippen LogP contribution in [0.15, 0.2) is 18.2 Å². The summed E-state index contributed by atoms with van der Waals surface area (Å²) < 4.78 is 76.1. The maximum atomic E-state index is 12.7. The third kappa shape index (κ3) is 4.13. The SMILES string of the molecule is CCN(CC#N)C(=O)c1cc(C(F)(F)F)cc(C(F)(F)F)c1. The molecule has 120 valence electrons. The van der Waals surface area contributed by atoms with E-state index in [4.69, 9.17) is 5.26 Å². The Balaban J connectivity index is 3.42. The molecule has 0 heterocycles. The third-order valence-corrected chi connectivity index (χ3v) is 2.77. The summed E-state index contributed by atoms with van der Waals surface area (Å²) in [6, 6.07) is 2.25. The van der Waals surface area contributed by atoms with Crippen LogP contribution < -0.4 is 0 Å². The normalized spacial score (nSPS) is 11.9. The first-order chi connectivity index (χ1) is 10.0. The van der Waals surface area contributed by atoms with Gasteiger partial charge in [0.25, 0.3) is 5.91 Å². The van der Waals surface area contributed by atoms with Crippen molar-refractivity contribution < 1.29 is 31.1 Å². The second kappa shape index (κ2) is 6.25. The van der Waals surface area contributed by atoms with E-state index in [1.807, 2.05) is 0 Å². The number of carbonyl (C=O) groups excluding carboxylic acids is 1. The van der Waals surface area contributed by atoms with Gasteiger partial charge in [0, 0.05) is 12.1 Å². The Bertz CT molecular complexity index is 568. The highest BCUT2D eigenvalue weighted by atomic mass is 19.4. The fourth-order valence-corrected chi connectivity index (χ4v) is 1.67. The van der Waals surface area contributed by atoms with E-state index in [-0.39, 0.29) is 12.6 Å². The number of halogens is 6. The van der Waals surface area contributed by atoms with E-state index >= 15 is 0 Å². The van der Waals surface area contributed by atoms with Crippen LogP contribution in [-0.2, 0) is 12.4 Å². The largest absolute Gasteiger partial charge is 0.416 e. The number of rotatable bonds is 3. The molecule has 1 aromatic carbocycles. The first-order valence-electron chi connectivity index (χ1n) is 5.96. The lowest BCUT2D eigenvalue weighted by atomic mass is 10.0. The number of hydrogen-bond donors (Lipinski definition) is 0. The first-order valence-corrected chi connectivity index (χ1v) is 5.96. The first kappa shape index (κ1) is 17.8. The maximum absolute atomic E-state index is 12.7. The van der Waals surface area contributed by atoms with Crippen molar-refractivity contribution in [3.05, 3.63) is 34.9 Å². The molecule has 0 fully saturated rings.